The summed E-state index contributed by atoms with van der Waals surface area (Å²) in [6.07, 6.45) is 1.19. The van der Waals surface area contributed by atoms with E-state index in [-0.39, 0.29) is 12.3 Å². The Labute approximate surface area is 118 Å². The first-order valence-electron chi connectivity index (χ1n) is 5.86. The lowest BCUT2D eigenvalue weighted by Crippen LogP contribution is -2.26. The number of benzene rings is 1. The Balaban J connectivity index is 2.56. The molecule has 1 amide bonds. The molecule has 7 heteroatoms. The molecule has 0 bridgehead atoms. The van der Waals surface area contributed by atoms with Gasteiger partial charge in [-0.3, -0.25) is 4.79 Å². The summed E-state index contributed by atoms with van der Waals surface area (Å²) in [4.78, 5) is 11.0. The van der Waals surface area contributed by atoms with Crippen molar-refractivity contribution in [1.82, 2.24) is 4.72 Å². The third-order valence-electron chi connectivity index (χ3n) is 2.50. The predicted molar refractivity (Wildman–Crippen MR) is 75.5 cm³/mol. The van der Waals surface area contributed by atoms with Gasteiger partial charge in [0.2, 0.25) is 15.9 Å². The van der Waals surface area contributed by atoms with Gasteiger partial charge in [0.1, 0.15) is 0 Å². The van der Waals surface area contributed by atoms with Gasteiger partial charge in [0.15, 0.2) is 0 Å². The molecular weight excluding hydrogens is 288 g/mol. The van der Waals surface area contributed by atoms with Crippen molar-refractivity contribution in [3.63, 3.8) is 0 Å². The molecule has 0 saturated heterocycles. The highest BCUT2D eigenvalue weighted by atomic mass is 35.5. The molecule has 106 valence electrons. The second-order valence-corrected chi connectivity index (χ2v) is 6.41. The van der Waals surface area contributed by atoms with E-state index in [0.29, 0.717) is 29.8 Å². The SMILES string of the molecule is NC(=O)c1cccc(CNS(=O)(=O)CCCCCl)c1. The smallest absolute Gasteiger partial charge is 0.248 e. The topological polar surface area (TPSA) is 89.3 Å². The fourth-order valence-electron chi connectivity index (χ4n) is 1.49. The molecular formula is C12H17ClN2O3S. The lowest BCUT2D eigenvalue weighted by molar-refractivity contribution is 0.1000. The Morgan fingerprint density at radius 2 is 2.05 bits per heavy atom. The number of nitrogens with one attached hydrogen (secondary N) is 1. The molecule has 0 unspecified atom stereocenters. The number of halogens is 1. The Kier molecular flexibility index (Phi) is 6.27. The first-order chi connectivity index (χ1) is 8.94. The van der Waals surface area contributed by atoms with Crippen molar-refractivity contribution in [1.29, 1.82) is 0 Å². The Morgan fingerprint density at radius 3 is 2.68 bits per heavy atom. The fourth-order valence-corrected chi connectivity index (χ4v) is 2.79. The van der Waals surface area contributed by atoms with Crippen LogP contribution in [0.25, 0.3) is 0 Å². The first kappa shape index (κ1) is 15.9. The van der Waals surface area contributed by atoms with Crippen LogP contribution in [0, 0.1) is 0 Å². The molecule has 0 radical (unpaired) electrons. The molecule has 5 nitrogen and oxygen atoms in total. The average molecular weight is 305 g/mol. The summed E-state index contributed by atoms with van der Waals surface area (Å²) < 4.78 is 25.8. The Morgan fingerprint density at radius 1 is 1.32 bits per heavy atom. The van der Waals surface area contributed by atoms with Crippen molar-refractivity contribution in [3.8, 4) is 0 Å². The van der Waals surface area contributed by atoms with Gasteiger partial charge in [0.25, 0.3) is 0 Å². The van der Waals surface area contributed by atoms with Crippen LogP contribution in [-0.2, 0) is 16.6 Å². The predicted octanol–water partition coefficient (Wildman–Crippen LogP) is 1.22. The van der Waals surface area contributed by atoms with E-state index in [4.69, 9.17) is 17.3 Å². The van der Waals surface area contributed by atoms with E-state index < -0.39 is 15.9 Å². The molecule has 3 N–H and O–H groups in total. The molecule has 0 saturated carbocycles. The zero-order chi connectivity index (χ0) is 14.3. The van der Waals surface area contributed by atoms with Crippen LogP contribution in [0.4, 0.5) is 0 Å². The molecule has 0 aliphatic heterocycles. The highest BCUT2D eigenvalue weighted by Gasteiger charge is 2.10. The summed E-state index contributed by atoms with van der Waals surface area (Å²) in [5.41, 5.74) is 6.21. The number of primary amides is 1. The summed E-state index contributed by atoms with van der Waals surface area (Å²) in [5.74, 6) is -0.0300. The van der Waals surface area contributed by atoms with Crippen molar-refractivity contribution >= 4 is 27.5 Å². The molecule has 1 aromatic carbocycles. The van der Waals surface area contributed by atoms with Crippen LogP contribution in [0.2, 0.25) is 0 Å². The standard InChI is InChI=1S/C12H17ClN2O3S/c13-6-1-2-7-19(17,18)15-9-10-4-3-5-11(8-10)12(14)16/h3-5,8,15H,1-2,6-7,9H2,(H2,14,16). The summed E-state index contributed by atoms with van der Waals surface area (Å²) in [5, 5.41) is 0. The number of rotatable bonds is 8. The van der Waals surface area contributed by atoms with E-state index in [2.05, 4.69) is 4.72 Å². The highest BCUT2D eigenvalue weighted by molar-refractivity contribution is 7.89. The van der Waals surface area contributed by atoms with Crippen molar-refractivity contribution in [2.45, 2.75) is 19.4 Å². The molecule has 0 spiro atoms. The maximum atomic E-state index is 11.7. The van der Waals surface area contributed by atoms with Crippen LogP contribution >= 0.6 is 11.6 Å². The van der Waals surface area contributed by atoms with Gasteiger partial charge in [-0.2, -0.15) is 0 Å². The molecule has 1 rings (SSSR count). The number of sulfonamides is 1. The molecule has 0 aliphatic carbocycles. The second-order valence-electron chi connectivity index (χ2n) is 4.10. The number of nitrogens with two attached hydrogens (primary N) is 1. The van der Waals surface area contributed by atoms with Crippen LogP contribution in [-0.4, -0.2) is 26.0 Å². The number of carbonyl (C=O) groups is 1. The maximum absolute atomic E-state index is 11.7. The monoisotopic (exact) mass is 304 g/mol. The minimum atomic E-state index is -3.31. The lowest BCUT2D eigenvalue weighted by Gasteiger charge is -2.07. The highest BCUT2D eigenvalue weighted by Crippen LogP contribution is 2.05. The number of carbonyl (C=O) groups excluding carboxylic acids is 1. The molecule has 0 aromatic heterocycles. The van der Waals surface area contributed by atoms with E-state index >= 15 is 0 Å². The first-order valence-corrected chi connectivity index (χ1v) is 8.05. The van der Waals surface area contributed by atoms with Gasteiger partial charge >= 0.3 is 0 Å². The largest absolute Gasteiger partial charge is 0.366 e. The number of hydrogen-bond donors (Lipinski definition) is 2. The minimum Gasteiger partial charge on any atom is -0.366 e. The van der Waals surface area contributed by atoms with Crippen LogP contribution in [0.5, 0.6) is 0 Å². The van der Waals surface area contributed by atoms with E-state index in [1.807, 2.05) is 0 Å². The second kappa shape index (κ2) is 7.47. The van der Waals surface area contributed by atoms with Gasteiger partial charge in [-0.05, 0) is 30.5 Å². The van der Waals surface area contributed by atoms with Crippen LogP contribution < -0.4 is 10.5 Å². The van der Waals surface area contributed by atoms with Crippen LogP contribution in [0.1, 0.15) is 28.8 Å². The van der Waals surface area contributed by atoms with Crippen molar-refractivity contribution < 1.29 is 13.2 Å². The third-order valence-corrected chi connectivity index (χ3v) is 4.18. The number of hydrogen-bond acceptors (Lipinski definition) is 3. The van der Waals surface area contributed by atoms with Crippen molar-refractivity contribution in [3.05, 3.63) is 35.4 Å². The van der Waals surface area contributed by atoms with Gasteiger partial charge in [-0.15, -0.1) is 11.6 Å². The Hall–Kier alpha value is -1.11. The van der Waals surface area contributed by atoms with Crippen LogP contribution in [0.15, 0.2) is 24.3 Å². The summed E-state index contributed by atoms with van der Waals surface area (Å²) in [6, 6.07) is 6.55. The number of amides is 1. The van der Waals surface area contributed by atoms with Gasteiger partial charge in [0.05, 0.1) is 5.75 Å². The third kappa shape index (κ3) is 6.04. The van der Waals surface area contributed by atoms with E-state index in [1.165, 1.54) is 0 Å². The van der Waals surface area contributed by atoms with E-state index in [0.717, 1.165) is 0 Å². The number of unbranched alkanes of at least 4 members (excludes halogenated alkanes) is 1. The van der Waals surface area contributed by atoms with E-state index in [1.54, 1.807) is 24.3 Å². The zero-order valence-electron chi connectivity index (χ0n) is 10.4. The van der Waals surface area contributed by atoms with Crippen molar-refractivity contribution in [2.24, 2.45) is 5.73 Å². The molecule has 0 atom stereocenters. The molecule has 0 heterocycles. The molecule has 1 aromatic rings. The average Bonchev–Trinajstić information content (AvgIpc) is 2.37. The molecule has 19 heavy (non-hydrogen) atoms. The van der Waals surface area contributed by atoms with Gasteiger partial charge in [-0.1, -0.05) is 12.1 Å². The quantitative estimate of drug-likeness (QED) is 0.559. The molecule has 0 fully saturated rings. The van der Waals surface area contributed by atoms with Gasteiger partial charge < -0.3 is 5.73 Å². The van der Waals surface area contributed by atoms with Gasteiger partial charge in [0, 0.05) is 18.0 Å². The molecule has 0 aliphatic rings. The number of alkyl halides is 1. The fraction of sp³-hybridized carbons (Fsp3) is 0.417. The van der Waals surface area contributed by atoms with Gasteiger partial charge in [-0.25, -0.2) is 13.1 Å². The summed E-state index contributed by atoms with van der Waals surface area (Å²) >= 11 is 5.49. The lowest BCUT2D eigenvalue weighted by atomic mass is 10.1. The normalized spacial score (nSPS) is 11.4. The van der Waals surface area contributed by atoms with Crippen molar-refractivity contribution in [2.75, 3.05) is 11.6 Å². The van der Waals surface area contributed by atoms with Crippen LogP contribution in [0.3, 0.4) is 0 Å². The summed E-state index contributed by atoms with van der Waals surface area (Å²) in [7, 11) is -3.31. The minimum absolute atomic E-state index is 0.0508. The zero-order valence-corrected chi connectivity index (χ0v) is 12.0. The van der Waals surface area contributed by atoms with E-state index in [9.17, 15) is 13.2 Å². The Bertz CT molecular complexity index is 532. The maximum Gasteiger partial charge on any atom is 0.248 e. The summed E-state index contributed by atoms with van der Waals surface area (Å²) in [6.45, 7) is 0.143.